The van der Waals surface area contributed by atoms with Gasteiger partial charge in [0.25, 0.3) is 0 Å². The van der Waals surface area contributed by atoms with Crippen molar-refractivity contribution in [2.75, 3.05) is 6.61 Å². The lowest BCUT2D eigenvalue weighted by molar-refractivity contribution is -0.293. The standard InChI is InChI=1S/C7H4F5NO2/c1-4(2-13)5(14)15-3-6(8,9)7(10,11)12/h1,3H2. The summed E-state index contributed by atoms with van der Waals surface area (Å²) >= 11 is 0. The first-order valence-corrected chi connectivity index (χ1v) is 3.32. The molecule has 8 heteroatoms. The lowest BCUT2D eigenvalue weighted by Gasteiger charge is -2.18. The zero-order valence-corrected chi connectivity index (χ0v) is 7.07. The van der Waals surface area contributed by atoms with E-state index in [1.54, 1.807) is 0 Å². The zero-order valence-electron chi connectivity index (χ0n) is 7.07. The second-order valence-electron chi connectivity index (χ2n) is 2.37. The molecule has 0 aromatic carbocycles. The summed E-state index contributed by atoms with van der Waals surface area (Å²) in [7, 11) is 0. The van der Waals surface area contributed by atoms with Gasteiger partial charge in [-0.25, -0.2) is 4.79 Å². The van der Waals surface area contributed by atoms with E-state index < -0.39 is 30.2 Å². The van der Waals surface area contributed by atoms with E-state index in [0.29, 0.717) is 0 Å². The number of rotatable bonds is 3. The Balaban J connectivity index is 4.36. The maximum absolute atomic E-state index is 12.1. The van der Waals surface area contributed by atoms with Crippen LogP contribution in [0.1, 0.15) is 0 Å². The maximum Gasteiger partial charge on any atom is 0.456 e. The number of hydrogen-bond acceptors (Lipinski definition) is 3. The molecule has 3 nitrogen and oxygen atoms in total. The Morgan fingerprint density at radius 3 is 2.13 bits per heavy atom. The Morgan fingerprint density at radius 1 is 1.33 bits per heavy atom. The number of carbonyl (C=O) groups excluding carboxylic acids is 1. The first kappa shape index (κ1) is 13.4. The van der Waals surface area contributed by atoms with Crippen molar-refractivity contribution in [2.24, 2.45) is 0 Å². The van der Waals surface area contributed by atoms with Crippen molar-refractivity contribution < 1.29 is 31.5 Å². The number of hydrogen-bond donors (Lipinski definition) is 0. The van der Waals surface area contributed by atoms with Gasteiger partial charge in [0.2, 0.25) is 0 Å². The van der Waals surface area contributed by atoms with Crippen LogP contribution in [-0.2, 0) is 9.53 Å². The number of esters is 1. The molecule has 0 spiro atoms. The van der Waals surface area contributed by atoms with Gasteiger partial charge in [0.1, 0.15) is 11.6 Å². The molecule has 0 aromatic rings. The fourth-order valence-electron chi connectivity index (χ4n) is 0.371. The Bertz CT molecular complexity index is 314. The monoisotopic (exact) mass is 229 g/mol. The highest BCUT2D eigenvalue weighted by Gasteiger charge is 2.58. The highest BCUT2D eigenvalue weighted by atomic mass is 19.4. The molecule has 0 saturated heterocycles. The van der Waals surface area contributed by atoms with Crippen LogP contribution in [0.25, 0.3) is 0 Å². The molecule has 0 atom stereocenters. The number of carbonyl (C=O) groups is 1. The summed E-state index contributed by atoms with van der Waals surface area (Å²) < 4.78 is 62.5. The van der Waals surface area contributed by atoms with E-state index in [-0.39, 0.29) is 0 Å². The van der Waals surface area contributed by atoms with Crippen molar-refractivity contribution in [3.05, 3.63) is 12.2 Å². The molecule has 0 fully saturated rings. The van der Waals surface area contributed by atoms with Crippen LogP contribution in [0.4, 0.5) is 22.0 Å². The minimum Gasteiger partial charge on any atom is -0.455 e. The normalized spacial score (nSPS) is 11.7. The average Bonchev–Trinajstić information content (AvgIpc) is 2.11. The molecular formula is C7H4F5NO2. The SMILES string of the molecule is C=C(C#N)C(=O)OCC(F)(F)C(F)(F)F. The van der Waals surface area contributed by atoms with Crippen LogP contribution in [-0.4, -0.2) is 24.7 Å². The van der Waals surface area contributed by atoms with Crippen molar-refractivity contribution in [1.29, 1.82) is 5.26 Å². The third kappa shape index (κ3) is 3.53. The topological polar surface area (TPSA) is 50.1 Å². The molecule has 0 aromatic heterocycles. The van der Waals surface area contributed by atoms with Gasteiger partial charge in [-0.1, -0.05) is 6.58 Å². The summed E-state index contributed by atoms with van der Waals surface area (Å²) in [5, 5.41) is 8.03. The van der Waals surface area contributed by atoms with E-state index >= 15 is 0 Å². The van der Waals surface area contributed by atoms with Gasteiger partial charge in [-0.2, -0.15) is 27.2 Å². The predicted molar refractivity (Wildman–Crippen MR) is 36.7 cm³/mol. The van der Waals surface area contributed by atoms with Crippen molar-refractivity contribution >= 4 is 5.97 Å². The van der Waals surface area contributed by atoms with E-state index in [9.17, 15) is 26.7 Å². The van der Waals surface area contributed by atoms with Gasteiger partial charge in [-0.05, 0) is 0 Å². The molecule has 84 valence electrons. The molecule has 15 heavy (non-hydrogen) atoms. The largest absolute Gasteiger partial charge is 0.456 e. The van der Waals surface area contributed by atoms with Crippen LogP contribution in [0.2, 0.25) is 0 Å². The second-order valence-corrected chi connectivity index (χ2v) is 2.37. The summed E-state index contributed by atoms with van der Waals surface area (Å²) in [4.78, 5) is 10.5. The van der Waals surface area contributed by atoms with E-state index in [1.165, 1.54) is 0 Å². The molecule has 0 aliphatic carbocycles. The van der Waals surface area contributed by atoms with Crippen molar-refractivity contribution in [3.8, 4) is 6.07 Å². The van der Waals surface area contributed by atoms with Crippen molar-refractivity contribution in [3.63, 3.8) is 0 Å². The molecule has 0 radical (unpaired) electrons. The highest BCUT2D eigenvalue weighted by molar-refractivity contribution is 5.91. The Labute approximate surface area is 80.7 Å². The van der Waals surface area contributed by atoms with Crippen molar-refractivity contribution in [1.82, 2.24) is 0 Å². The number of nitrogens with zero attached hydrogens (tertiary/aromatic N) is 1. The third-order valence-electron chi connectivity index (χ3n) is 1.18. The van der Waals surface area contributed by atoms with E-state index in [1.807, 2.05) is 0 Å². The number of nitriles is 1. The second kappa shape index (κ2) is 4.25. The van der Waals surface area contributed by atoms with Gasteiger partial charge in [-0.15, -0.1) is 0 Å². The minimum absolute atomic E-state index is 0.854. The quantitative estimate of drug-likeness (QED) is 0.321. The van der Waals surface area contributed by atoms with E-state index in [0.717, 1.165) is 6.07 Å². The lowest BCUT2D eigenvalue weighted by Crippen LogP contribution is -2.41. The van der Waals surface area contributed by atoms with Gasteiger partial charge in [-0.3, -0.25) is 0 Å². The van der Waals surface area contributed by atoms with Crippen LogP contribution in [0.3, 0.4) is 0 Å². The molecule has 0 aliphatic heterocycles. The summed E-state index contributed by atoms with van der Waals surface area (Å²) in [6.45, 7) is 0.604. The smallest absolute Gasteiger partial charge is 0.455 e. The van der Waals surface area contributed by atoms with Crippen LogP contribution in [0, 0.1) is 11.3 Å². The summed E-state index contributed by atoms with van der Waals surface area (Å²) in [5.74, 6) is -6.75. The molecular weight excluding hydrogens is 225 g/mol. The van der Waals surface area contributed by atoms with E-state index in [4.69, 9.17) is 5.26 Å². The van der Waals surface area contributed by atoms with Crippen LogP contribution < -0.4 is 0 Å². The zero-order chi connectivity index (χ0) is 12.3. The minimum atomic E-state index is -5.80. The van der Waals surface area contributed by atoms with Crippen molar-refractivity contribution in [2.45, 2.75) is 12.1 Å². The number of halogens is 5. The molecule has 0 amide bonds. The van der Waals surface area contributed by atoms with E-state index in [2.05, 4.69) is 11.3 Å². The van der Waals surface area contributed by atoms with Gasteiger partial charge >= 0.3 is 18.1 Å². The van der Waals surface area contributed by atoms with Crippen LogP contribution in [0.15, 0.2) is 12.2 Å². The van der Waals surface area contributed by atoms with Crippen LogP contribution >= 0.6 is 0 Å². The summed E-state index contributed by atoms with van der Waals surface area (Å²) in [6, 6.07) is 1.14. The van der Waals surface area contributed by atoms with Gasteiger partial charge in [0, 0.05) is 0 Å². The molecule has 0 N–H and O–H groups in total. The molecule has 0 saturated carbocycles. The Morgan fingerprint density at radius 2 is 1.80 bits per heavy atom. The number of ether oxygens (including phenoxy) is 1. The molecule has 0 aliphatic rings. The molecule has 0 heterocycles. The van der Waals surface area contributed by atoms with Gasteiger partial charge < -0.3 is 4.74 Å². The first-order chi connectivity index (χ1) is 6.62. The molecule has 0 bridgehead atoms. The predicted octanol–water partition coefficient (Wildman–Crippen LogP) is 1.81. The maximum atomic E-state index is 12.1. The Kier molecular flexibility index (Phi) is 3.78. The molecule has 0 unspecified atom stereocenters. The van der Waals surface area contributed by atoms with Gasteiger partial charge in [0.05, 0.1) is 0 Å². The van der Waals surface area contributed by atoms with Gasteiger partial charge in [0.15, 0.2) is 6.61 Å². The first-order valence-electron chi connectivity index (χ1n) is 3.32. The Hall–Kier alpha value is -1.65. The van der Waals surface area contributed by atoms with Crippen LogP contribution in [0.5, 0.6) is 0 Å². The average molecular weight is 229 g/mol. The summed E-state index contributed by atoms with van der Waals surface area (Å²) in [5.41, 5.74) is -0.854. The molecule has 0 rings (SSSR count). The fraction of sp³-hybridized carbons (Fsp3) is 0.429. The third-order valence-corrected chi connectivity index (χ3v) is 1.18. The fourth-order valence-corrected chi connectivity index (χ4v) is 0.371. The summed E-state index contributed by atoms with van der Waals surface area (Å²) in [6.07, 6.45) is -5.80. The lowest BCUT2D eigenvalue weighted by atomic mass is 10.3. The number of alkyl halides is 5. The highest BCUT2D eigenvalue weighted by Crippen LogP contribution is 2.35.